The molecule has 29 heavy (non-hydrogen) atoms. The van der Waals surface area contributed by atoms with Crippen molar-refractivity contribution in [2.45, 2.75) is 19.3 Å². The van der Waals surface area contributed by atoms with E-state index in [9.17, 15) is 4.79 Å². The molecule has 3 aromatic rings. The van der Waals surface area contributed by atoms with Gasteiger partial charge in [0, 0.05) is 24.7 Å². The molecule has 4 rings (SSSR count). The average molecular weight is 411 g/mol. The fourth-order valence-corrected chi connectivity index (χ4v) is 3.70. The van der Waals surface area contributed by atoms with Crippen LogP contribution in [0.2, 0.25) is 5.02 Å². The lowest BCUT2D eigenvalue weighted by molar-refractivity contribution is -0.125. The highest BCUT2D eigenvalue weighted by molar-refractivity contribution is 6.30. The Morgan fingerprint density at radius 1 is 1.17 bits per heavy atom. The number of nitrogens with zero attached hydrogens (tertiary/aromatic N) is 3. The largest absolute Gasteiger partial charge is 0.463 e. The van der Waals surface area contributed by atoms with E-state index in [-0.39, 0.29) is 11.8 Å². The summed E-state index contributed by atoms with van der Waals surface area (Å²) in [6, 6.07) is 15.2. The minimum atomic E-state index is -0.0412. The number of furan rings is 1. The second kappa shape index (κ2) is 9.09. The maximum Gasteiger partial charge on any atom is 0.224 e. The normalized spacial score (nSPS) is 16.6. The van der Waals surface area contributed by atoms with Crippen molar-refractivity contribution in [3.05, 3.63) is 65.4 Å². The van der Waals surface area contributed by atoms with Crippen molar-refractivity contribution in [2.24, 2.45) is 5.92 Å². The van der Waals surface area contributed by atoms with Crippen LogP contribution in [0.3, 0.4) is 0 Å². The molecule has 0 radical (unpaired) electrons. The zero-order valence-electron chi connectivity index (χ0n) is 16.1. The van der Waals surface area contributed by atoms with Gasteiger partial charge in [0.2, 0.25) is 5.91 Å². The summed E-state index contributed by atoms with van der Waals surface area (Å²) in [7, 11) is 0. The molecular formula is C22H23ClN4O2. The summed E-state index contributed by atoms with van der Waals surface area (Å²) < 4.78 is 5.35. The number of aromatic nitrogens is 2. The summed E-state index contributed by atoms with van der Waals surface area (Å²) in [6.45, 7) is 2.15. The van der Waals surface area contributed by atoms with Gasteiger partial charge < -0.3 is 14.6 Å². The SMILES string of the molecule is O=C(NCCc1ccc(Cl)cc1)C1CCCN(c2ccc(-c3ccco3)nn2)C1. The highest BCUT2D eigenvalue weighted by Gasteiger charge is 2.26. The smallest absolute Gasteiger partial charge is 0.224 e. The standard InChI is InChI=1S/C22H23ClN4O2/c23-18-7-5-16(6-8-18)11-12-24-22(28)17-3-1-13-27(15-17)21-10-9-19(25-26-21)20-4-2-14-29-20/h2,4-10,14,17H,1,3,11-13,15H2,(H,24,28). The third-order valence-electron chi connectivity index (χ3n) is 5.17. The van der Waals surface area contributed by atoms with Gasteiger partial charge in [-0.3, -0.25) is 4.79 Å². The van der Waals surface area contributed by atoms with Crippen molar-refractivity contribution < 1.29 is 9.21 Å². The Balaban J connectivity index is 1.30. The fourth-order valence-electron chi connectivity index (χ4n) is 3.57. The Labute approximate surface area is 174 Å². The molecule has 150 valence electrons. The Hall–Kier alpha value is -2.86. The van der Waals surface area contributed by atoms with Gasteiger partial charge >= 0.3 is 0 Å². The van der Waals surface area contributed by atoms with Crippen molar-refractivity contribution in [1.29, 1.82) is 0 Å². The summed E-state index contributed by atoms with van der Waals surface area (Å²) in [5.74, 6) is 1.55. The van der Waals surface area contributed by atoms with E-state index in [0.717, 1.165) is 42.2 Å². The topological polar surface area (TPSA) is 71.3 Å². The number of carbonyl (C=O) groups is 1. The number of carbonyl (C=O) groups excluding carboxylic acids is 1. The molecule has 1 atom stereocenters. The Bertz CT molecular complexity index is 926. The van der Waals surface area contributed by atoms with Gasteiger partial charge in [-0.1, -0.05) is 23.7 Å². The molecule has 0 spiro atoms. The molecule has 0 saturated carbocycles. The molecule has 1 saturated heterocycles. The number of hydrogen-bond donors (Lipinski definition) is 1. The van der Waals surface area contributed by atoms with E-state index in [0.29, 0.717) is 24.5 Å². The first-order valence-corrected chi connectivity index (χ1v) is 10.2. The van der Waals surface area contributed by atoms with Crippen molar-refractivity contribution >= 4 is 23.3 Å². The molecule has 6 nitrogen and oxygen atoms in total. The summed E-state index contributed by atoms with van der Waals surface area (Å²) in [6.07, 6.45) is 4.25. The first kappa shape index (κ1) is 19.5. The van der Waals surface area contributed by atoms with Crippen LogP contribution in [-0.2, 0) is 11.2 Å². The van der Waals surface area contributed by atoms with Crippen molar-refractivity contribution in [3.8, 4) is 11.5 Å². The van der Waals surface area contributed by atoms with Crippen LogP contribution in [0.5, 0.6) is 0 Å². The first-order chi connectivity index (χ1) is 14.2. The third-order valence-corrected chi connectivity index (χ3v) is 5.42. The third kappa shape index (κ3) is 4.95. The van der Waals surface area contributed by atoms with Crippen LogP contribution >= 0.6 is 11.6 Å². The molecule has 3 heterocycles. The molecule has 1 aliphatic rings. The zero-order valence-corrected chi connectivity index (χ0v) is 16.8. The molecule has 1 aliphatic heterocycles. The molecule has 1 aromatic carbocycles. The van der Waals surface area contributed by atoms with Crippen molar-refractivity contribution in [2.75, 3.05) is 24.5 Å². The van der Waals surface area contributed by atoms with Crippen LogP contribution in [0.1, 0.15) is 18.4 Å². The van der Waals surface area contributed by atoms with Gasteiger partial charge in [-0.25, -0.2) is 0 Å². The van der Waals surface area contributed by atoms with Crippen LogP contribution in [0, 0.1) is 5.92 Å². The molecule has 1 N–H and O–H groups in total. The van der Waals surface area contributed by atoms with E-state index in [1.807, 2.05) is 48.5 Å². The van der Waals surface area contributed by atoms with Gasteiger partial charge in [0.15, 0.2) is 11.6 Å². The first-order valence-electron chi connectivity index (χ1n) is 9.84. The van der Waals surface area contributed by atoms with Gasteiger partial charge in [0.05, 0.1) is 12.2 Å². The predicted molar refractivity (Wildman–Crippen MR) is 113 cm³/mol. The number of rotatable bonds is 6. The van der Waals surface area contributed by atoms with Crippen LogP contribution in [-0.4, -0.2) is 35.7 Å². The number of piperidine rings is 1. The van der Waals surface area contributed by atoms with Gasteiger partial charge in [-0.2, -0.15) is 0 Å². The van der Waals surface area contributed by atoms with Crippen LogP contribution < -0.4 is 10.2 Å². The zero-order chi connectivity index (χ0) is 20.1. The van der Waals surface area contributed by atoms with Gasteiger partial charge in [0.1, 0.15) is 5.69 Å². The molecule has 2 aromatic heterocycles. The summed E-state index contributed by atoms with van der Waals surface area (Å²) >= 11 is 5.91. The van der Waals surface area contributed by atoms with E-state index in [4.69, 9.17) is 16.0 Å². The van der Waals surface area contributed by atoms with E-state index < -0.39 is 0 Å². The van der Waals surface area contributed by atoms with Gasteiger partial charge in [-0.15, -0.1) is 10.2 Å². The Kier molecular flexibility index (Phi) is 6.10. The lowest BCUT2D eigenvalue weighted by atomic mass is 9.97. The molecule has 0 aliphatic carbocycles. The summed E-state index contributed by atoms with van der Waals surface area (Å²) in [5.41, 5.74) is 1.86. The van der Waals surface area contributed by atoms with Gasteiger partial charge in [0.25, 0.3) is 0 Å². The number of hydrogen-bond acceptors (Lipinski definition) is 5. The van der Waals surface area contributed by atoms with Crippen LogP contribution in [0.15, 0.2) is 59.2 Å². The predicted octanol–water partition coefficient (Wildman–Crippen LogP) is 3.97. The lowest BCUT2D eigenvalue weighted by Gasteiger charge is -2.32. The lowest BCUT2D eigenvalue weighted by Crippen LogP contribution is -2.43. The number of anilines is 1. The highest BCUT2D eigenvalue weighted by Crippen LogP contribution is 2.23. The number of nitrogens with one attached hydrogen (secondary N) is 1. The molecular weight excluding hydrogens is 388 g/mol. The van der Waals surface area contributed by atoms with Gasteiger partial charge in [-0.05, 0) is 61.2 Å². The van der Waals surface area contributed by atoms with E-state index in [2.05, 4.69) is 20.4 Å². The molecule has 7 heteroatoms. The number of halogens is 1. The molecule has 1 amide bonds. The molecule has 1 unspecified atom stereocenters. The fraction of sp³-hybridized carbons (Fsp3) is 0.318. The monoisotopic (exact) mass is 410 g/mol. The quantitative estimate of drug-likeness (QED) is 0.665. The summed E-state index contributed by atoms with van der Waals surface area (Å²) in [4.78, 5) is 14.8. The minimum Gasteiger partial charge on any atom is -0.463 e. The summed E-state index contributed by atoms with van der Waals surface area (Å²) in [5, 5.41) is 12.4. The second-order valence-electron chi connectivity index (χ2n) is 7.21. The minimum absolute atomic E-state index is 0.0412. The Morgan fingerprint density at radius 3 is 2.76 bits per heavy atom. The van der Waals surface area contributed by atoms with Crippen LogP contribution in [0.4, 0.5) is 5.82 Å². The van der Waals surface area contributed by atoms with Crippen LogP contribution in [0.25, 0.3) is 11.5 Å². The van der Waals surface area contributed by atoms with E-state index in [1.54, 1.807) is 6.26 Å². The second-order valence-corrected chi connectivity index (χ2v) is 7.64. The van der Waals surface area contributed by atoms with E-state index in [1.165, 1.54) is 0 Å². The highest BCUT2D eigenvalue weighted by atomic mass is 35.5. The van der Waals surface area contributed by atoms with E-state index >= 15 is 0 Å². The Morgan fingerprint density at radius 2 is 2.03 bits per heavy atom. The maximum absolute atomic E-state index is 12.6. The van der Waals surface area contributed by atoms with Crippen molar-refractivity contribution in [1.82, 2.24) is 15.5 Å². The maximum atomic E-state index is 12.6. The average Bonchev–Trinajstić information content (AvgIpc) is 3.30. The molecule has 0 bridgehead atoms. The number of amides is 1. The van der Waals surface area contributed by atoms with Crippen molar-refractivity contribution in [3.63, 3.8) is 0 Å². The molecule has 1 fully saturated rings. The number of benzene rings is 1.